The Kier molecular flexibility index (Phi) is 2.29. The molecule has 2 fully saturated rings. The lowest BCUT2D eigenvalue weighted by molar-refractivity contribution is -0.140. The summed E-state index contributed by atoms with van der Waals surface area (Å²) in [6.07, 6.45) is -0.666. The number of rotatable bonds is 0. The number of hydrogen-bond acceptors (Lipinski definition) is 6. The van der Waals surface area contributed by atoms with E-state index in [2.05, 4.69) is 0 Å². The summed E-state index contributed by atoms with van der Waals surface area (Å²) in [7, 11) is 0. The summed E-state index contributed by atoms with van der Waals surface area (Å²) >= 11 is 0. The van der Waals surface area contributed by atoms with Crippen LogP contribution in [0.1, 0.15) is 6.92 Å². The van der Waals surface area contributed by atoms with Gasteiger partial charge in [0.15, 0.2) is 18.1 Å². The summed E-state index contributed by atoms with van der Waals surface area (Å²) in [4.78, 5) is 15.2. The molecule has 2 saturated heterocycles. The van der Waals surface area contributed by atoms with Gasteiger partial charge >= 0.3 is 0 Å². The van der Waals surface area contributed by atoms with Gasteiger partial charge in [-0.15, -0.1) is 0 Å². The van der Waals surface area contributed by atoms with Crippen LogP contribution >= 0.6 is 0 Å². The average Bonchev–Trinajstić information content (AvgIpc) is 2.68. The lowest BCUT2D eigenvalue weighted by atomic mass is 10.1. The van der Waals surface area contributed by atoms with Crippen LogP contribution in [0.4, 0.5) is 0 Å². The summed E-state index contributed by atoms with van der Waals surface area (Å²) in [5, 5.41) is 28.8. The Bertz CT molecular complexity index is 472. The van der Waals surface area contributed by atoms with Gasteiger partial charge in [-0.2, -0.15) is 0 Å². The third-order valence-electron chi connectivity index (χ3n) is 3.46. The Labute approximate surface area is 103 Å². The second-order valence-electron chi connectivity index (χ2n) is 4.69. The normalized spacial score (nSPS) is 35.6. The van der Waals surface area contributed by atoms with E-state index in [-0.39, 0.29) is 23.7 Å². The Balaban J connectivity index is 2.03. The largest absolute Gasteiger partial charge is 0.508 e. The third-order valence-corrected chi connectivity index (χ3v) is 3.46. The molecule has 0 aromatic rings. The molecule has 3 atom stereocenters. The van der Waals surface area contributed by atoms with E-state index >= 15 is 0 Å². The Morgan fingerprint density at radius 2 is 2.17 bits per heavy atom. The van der Waals surface area contributed by atoms with E-state index in [4.69, 9.17) is 4.74 Å². The van der Waals surface area contributed by atoms with E-state index in [1.165, 1.54) is 11.1 Å². The van der Waals surface area contributed by atoms with Gasteiger partial charge in [-0.05, 0) is 6.92 Å². The van der Waals surface area contributed by atoms with Gasteiger partial charge in [0.25, 0.3) is 5.91 Å². The van der Waals surface area contributed by atoms with Crippen molar-refractivity contribution < 1.29 is 24.9 Å². The van der Waals surface area contributed by atoms with E-state index in [0.29, 0.717) is 13.2 Å². The maximum atomic E-state index is 12.3. The number of amides is 1. The van der Waals surface area contributed by atoms with Gasteiger partial charge in [0.2, 0.25) is 0 Å². The highest BCUT2D eigenvalue weighted by molar-refractivity contribution is 5.95. The first-order valence-corrected chi connectivity index (χ1v) is 5.73. The highest BCUT2D eigenvalue weighted by atomic mass is 16.5. The summed E-state index contributed by atoms with van der Waals surface area (Å²) in [5.74, 6) is -1.29. The fraction of sp³-hybridized carbons (Fsp3) is 0.545. The molecule has 3 aliphatic rings. The van der Waals surface area contributed by atoms with Gasteiger partial charge < -0.3 is 29.9 Å². The van der Waals surface area contributed by atoms with Crippen LogP contribution in [0.15, 0.2) is 23.4 Å². The van der Waals surface area contributed by atoms with E-state index < -0.39 is 17.8 Å². The number of ether oxygens (including phenoxy) is 1. The molecule has 0 spiro atoms. The standard InChI is InChI=1S/C11H14N2O5/c1-5-4-18-7-3-12-2-6(14)9(15)10(16)8(12)11(17)13(5)7/h2,5,7,9,14-16H,3-4H2,1H3/t5-,7+,9?/m0/s1. The van der Waals surface area contributed by atoms with Crippen LogP contribution in [0.25, 0.3) is 0 Å². The maximum absolute atomic E-state index is 12.3. The quantitative estimate of drug-likeness (QED) is 0.535. The third kappa shape index (κ3) is 1.34. The van der Waals surface area contributed by atoms with Crippen LogP contribution < -0.4 is 0 Å². The van der Waals surface area contributed by atoms with Crippen molar-refractivity contribution >= 4 is 5.91 Å². The summed E-state index contributed by atoms with van der Waals surface area (Å²) in [6, 6.07) is -0.0680. The molecule has 98 valence electrons. The number of aliphatic hydroxyl groups excluding tert-OH is 3. The average molecular weight is 254 g/mol. The Morgan fingerprint density at radius 3 is 2.89 bits per heavy atom. The topological polar surface area (TPSA) is 93.5 Å². The molecule has 18 heavy (non-hydrogen) atoms. The van der Waals surface area contributed by atoms with Crippen LogP contribution in [0.5, 0.6) is 0 Å². The predicted molar refractivity (Wildman–Crippen MR) is 59.1 cm³/mol. The highest BCUT2D eigenvalue weighted by Gasteiger charge is 2.46. The minimum Gasteiger partial charge on any atom is -0.508 e. The highest BCUT2D eigenvalue weighted by Crippen LogP contribution is 2.33. The maximum Gasteiger partial charge on any atom is 0.276 e. The lowest BCUT2D eigenvalue weighted by Crippen LogP contribution is -2.55. The van der Waals surface area contributed by atoms with Crippen molar-refractivity contribution in [3.63, 3.8) is 0 Å². The van der Waals surface area contributed by atoms with Crippen LogP contribution in [0, 0.1) is 0 Å². The van der Waals surface area contributed by atoms with Crippen molar-refractivity contribution in [2.45, 2.75) is 25.3 Å². The molecule has 3 rings (SSSR count). The number of piperazine rings is 1. The Morgan fingerprint density at radius 1 is 1.44 bits per heavy atom. The molecule has 3 heterocycles. The molecule has 7 nitrogen and oxygen atoms in total. The van der Waals surface area contributed by atoms with Gasteiger partial charge in [0, 0.05) is 6.20 Å². The van der Waals surface area contributed by atoms with E-state index in [0.717, 1.165) is 0 Å². The monoisotopic (exact) mass is 254 g/mol. The molecule has 1 amide bonds. The first kappa shape index (κ1) is 11.4. The van der Waals surface area contributed by atoms with E-state index in [1.54, 1.807) is 4.90 Å². The number of aliphatic hydroxyl groups is 3. The molecule has 0 bridgehead atoms. The number of nitrogens with zero attached hydrogens (tertiary/aromatic N) is 2. The number of fused-ring (bicyclic) bond motifs is 2. The predicted octanol–water partition coefficient (Wildman–Crippen LogP) is -0.581. The summed E-state index contributed by atoms with van der Waals surface area (Å²) < 4.78 is 5.47. The van der Waals surface area contributed by atoms with Crippen molar-refractivity contribution in [3.05, 3.63) is 23.4 Å². The van der Waals surface area contributed by atoms with Gasteiger partial charge in [0.05, 0.1) is 19.2 Å². The zero-order chi connectivity index (χ0) is 13.0. The fourth-order valence-electron chi connectivity index (χ4n) is 2.54. The second kappa shape index (κ2) is 3.63. The van der Waals surface area contributed by atoms with Crippen molar-refractivity contribution in [2.24, 2.45) is 0 Å². The van der Waals surface area contributed by atoms with Crippen molar-refractivity contribution in [3.8, 4) is 0 Å². The SMILES string of the molecule is C[C@H]1CO[C@@H]2CN3C=C(O)C(O)C(O)=C3C(=O)N12. The first-order valence-electron chi connectivity index (χ1n) is 5.73. The molecule has 3 N–H and O–H groups in total. The van der Waals surface area contributed by atoms with E-state index in [1.807, 2.05) is 6.92 Å². The van der Waals surface area contributed by atoms with Gasteiger partial charge in [-0.25, -0.2) is 0 Å². The number of carbonyl (C=O) groups excluding carboxylic acids is 1. The molecule has 0 aliphatic carbocycles. The van der Waals surface area contributed by atoms with Crippen LogP contribution in [0.3, 0.4) is 0 Å². The lowest BCUT2D eigenvalue weighted by Gasteiger charge is -2.40. The molecule has 0 aromatic heterocycles. The molecular formula is C11H14N2O5. The Hall–Kier alpha value is -1.73. The molecule has 0 saturated carbocycles. The minimum absolute atomic E-state index is 0.00824. The number of carbonyl (C=O) groups is 1. The molecule has 7 heteroatoms. The molecule has 0 radical (unpaired) electrons. The second-order valence-corrected chi connectivity index (χ2v) is 4.69. The molecule has 1 unspecified atom stereocenters. The van der Waals surface area contributed by atoms with Crippen LogP contribution in [-0.2, 0) is 9.53 Å². The van der Waals surface area contributed by atoms with Crippen LogP contribution in [0.2, 0.25) is 0 Å². The van der Waals surface area contributed by atoms with Gasteiger partial charge in [-0.1, -0.05) is 0 Å². The molecular weight excluding hydrogens is 240 g/mol. The fourth-order valence-corrected chi connectivity index (χ4v) is 2.54. The van der Waals surface area contributed by atoms with Crippen LogP contribution in [-0.4, -0.2) is 62.6 Å². The summed E-state index contributed by atoms with van der Waals surface area (Å²) in [5.41, 5.74) is 0.00824. The summed E-state index contributed by atoms with van der Waals surface area (Å²) in [6.45, 7) is 2.63. The van der Waals surface area contributed by atoms with Crippen molar-refractivity contribution in [1.29, 1.82) is 0 Å². The zero-order valence-corrected chi connectivity index (χ0v) is 9.78. The smallest absolute Gasteiger partial charge is 0.276 e. The number of hydrogen-bond donors (Lipinski definition) is 3. The molecule has 0 aromatic carbocycles. The minimum atomic E-state index is -1.53. The van der Waals surface area contributed by atoms with E-state index in [9.17, 15) is 20.1 Å². The first-order chi connectivity index (χ1) is 8.50. The molecule has 3 aliphatic heterocycles. The van der Waals surface area contributed by atoms with Crippen molar-refractivity contribution in [1.82, 2.24) is 9.80 Å². The van der Waals surface area contributed by atoms with Gasteiger partial charge in [0.1, 0.15) is 11.5 Å². The van der Waals surface area contributed by atoms with Crippen molar-refractivity contribution in [2.75, 3.05) is 13.2 Å². The van der Waals surface area contributed by atoms with Gasteiger partial charge in [-0.3, -0.25) is 4.79 Å². The zero-order valence-electron chi connectivity index (χ0n) is 9.78.